The fourth-order valence-corrected chi connectivity index (χ4v) is 2.93. The van der Waals surface area contributed by atoms with E-state index in [1.807, 2.05) is 6.92 Å². The molecular weight excluding hydrogens is 270 g/mol. The maximum absolute atomic E-state index is 5.07. The van der Waals surface area contributed by atoms with Crippen LogP contribution < -0.4 is 5.32 Å². The number of thiophene rings is 1. The van der Waals surface area contributed by atoms with Crippen molar-refractivity contribution in [3.05, 3.63) is 34.3 Å². The van der Waals surface area contributed by atoms with Crippen LogP contribution in [0.4, 0.5) is 5.95 Å². The SMILES string of the molecule is COCCCNc1nc(C)cn1C(C)Cc1ccsc1. The molecule has 0 spiro atoms. The van der Waals surface area contributed by atoms with Crippen LogP contribution in [-0.2, 0) is 11.2 Å². The fraction of sp³-hybridized carbons (Fsp3) is 0.533. The average Bonchev–Trinajstić information content (AvgIpc) is 3.04. The molecule has 5 heteroatoms. The third-order valence-electron chi connectivity index (χ3n) is 3.25. The molecule has 4 nitrogen and oxygen atoms in total. The van der Waals surface area contributed by atoms with Gasteiger partial charge in [0, 0.05) is 32.5 Å². The molecule has 110 valence electrons. The Labute approximate surface area is 124 Å². The van der Waals surface area contributed by atoms with Crippen molar-refractivity contribution in [3.8, 4) is 0 Å². The van der Waals surface area contributed by atoms with Crippen LogP contribution in [0.2, 0.25) is 0 Å². The van der Waals surface area contributed by atoms with Gasteiger partial charge in [0.2, 0.25) is 5.95 Å². The van der Waals surface area contributed by atoms with Crippen molar-refractivity contribution in [2.24, 2.45) is 0 Å². The van der Waals surface area contributed by atoms with E-state index in [0.717, 1.165) is 37.6 Å². The summed E-state index contributed by atoms with van der Waals surface area (Å²) in [6.07, 6.45) is 4.14. The molecular formula is C15H23N3OS. The van der Waals surface area contributed by atoms with Crippen molar-refractivity contribution in [1.29, 1.82) is 0 Å². The summed E-state index contributed by atoms with van der Waals surface area (Å²) in [4.78, 5) is 4.57. The van der Waals surface area contributed by atoms with Gasteiger partial charge in [0.25, 0.3) is 0 Å². The second kappa shape index (κ2) is 7.45. The Kier molecular flexibility index (Phi) is 5.61. The van der Waals surface area contributed by atoms with Crippen molar-refractivity contribution >= 4 is 17.3 Å². The number of hydrogen-bond donors (Lipinski definition) is 1. The number of nitrogens with zero attached hydrogens (tertiary/aromatic N) is 2. The van der Waals surface area contributed by atoms with Crippen LogP contribution in [0.5, 0.6) is 0 Å². The van der Waals surface area contributed by atoms with Gasteiger partial charge >= 0.3 is 0 Å². The predicted octanol–water partition coefficient (Wildman–Crippen LogP) is 3.51. The number of rotatable bonds is 8. The molecule has 0 aliphatic carbocycles. The lowest BCUT2D eigenvalue weighted by Crippen LogP contribution is -2.14. The van der Waals surface area contributed by atoms with Crippen LogP contribution >= 0.6 is 11.3 Å². The lowest BCUT2D eigenvalue weighted by molar-refractivity contribution is 0.197. The van der Waals surface area contributed by atoms with Crippen molar-refractivity contribution in [3.63, 3.8) is 0 Å². The molecule has 1 N–H and O–H groups in total. The van der Waals surface area contributed by atoms with E-state index in [2.05, 4.69) is 44.8 Å². The number of ether oxygens (including phenoxy) is 1. The van der Waals surface area contributed by atoms with Gasteiger partial charge in [0.1, 0.15) is 0 Å². The molecule has 0 aromatic carbocycles. The first-order chi connectivity index (χ1) is 9.70. The maximum Gasteiger partial charge on any atom is 0.203 e. The lowest BCUT2D eigenvalue weighted by atomic mass is 10.1. The minimum absolute atomic E-state index is 0.399. The second-order valence-electron chi connectivity index (χ2n) is 5.07. The van der Waals surface area contributed by atoms with Gasteiger partial charge in [0.05, 0.1) is 5.69 Å². The summed E-state index contributed by atoms with van der Waals surface area (Å²) in [5.41, 5.74) is 2.44. The quantitative estimate of drug-likeness (QED) is 0.757. The largest absolute Gasteiger partial charge is 0.385 e. The first kappa shape index (κ1) is 15.1. The number of methoxy groups -OCH3 is 1. The predicted molar refractivity (Wildman–Crippen MR) is 84.7 cm³/mol. The summed E-state index contributed by atoms with van der Waals surface area (Å²) in [6.45, 7) is 5.93. The molecule has 0 saturated heterocycles. The minimum atomic E-state index is 0.399. The van der Waals surface area contributed by atoms with Crippen molar-refractivity contribution in [2.75, 3.05) is 25.6 Å². The van der Waals surface area contributed by atoms with Crippen LogP contribution in [0.15, 0.2) is 23.0 Å². The number of hydrogen-bond acceptors (Lipinski definition) is 4. The summed E-state index contributed by atoms with van der Waals surface area (Å²) < 4.78 is 7.30. The molecule has 0 radical (unpaired) electrons. The second-order valence-corrected chi connectivity index (χ2v) is 5.85. The summed E-state index contributed by atoms with van der Waals surface area (Å²) in [7, 11) is 1.73. The van der Waals surface area contributed by atoms with E-state index in [4.69, 9.17) is 4.74 Å². The molecule has 0 aliphatic rings. The Morgan fingerprint density at radius 2 is 2.35 bits per heavy atom. The molecule has 0 bridgehead atoms. The first-order valence-corrected chi connectivity index (χ1v) is 7.94. The number of imidazole rings is 1. The highest BCUT2D eigenvalue weighted by Gasteiger charge is 2.12. The van der Waals surface area contributed by atoms with Crippen LogP contribution in [0.3, 0.4) is 0 Å². The average molecular weight is 293 g/mol. The molecule has 2 aromatic rings. The standard InChI is InChI=1S/C15H23N3OS/c1-12-10-18(13(2)9-14-5-8-20-11-14)15(17-12)16-6-4-7-19-3/h5,8,10-11,13H,4,6-7,9H2,1-3H3,(H,16,17). The van der Waals surface area contributed by atoms with E-state index in [1.54, 1.807) is 18.4 Å². The van der Waals surface area contributed by atoms with Gasteiger partial charge < -0.3 is 14.6 Å². The van der Waals surface area contributed by atoms with Gasteiger partial charge in [-0.1, -0.05) is 0 Å². The Hall–Kier alpha value is -1.33. The monoisotopic (exact) mass is 293 g/mol. The first-order valence-electron chi connectivity index (χ1n) is 7.00. The number of anilines is 1. The molecule has 1 atom stereocenters. The molecule has 20 heavy (non-hydrogen) atoms. The van der Waals surface area contributed by atoms with E-state index in [1.165, 1.54) is 5.56 Å². The van der Waals surface area contributed by atoms with E-state index in [0.29, 0.717) is 6.04 Å². The Balaban J connectivity index is 1.98. The topological polar surface area (TPSA) is 39.1 Å². The zero-order valence-electron chi connectivity index (χ0n) is 12.4. The molecule has 2 rings (SSSR count). The van der Waals surface area contributed by atoms with Gasteiger partial charge in [-0.2, -0.15) is 11.3 Å². The molecule has 0 aliphatic heterocycles. The third kappa shape index (κ3) is 4.08. The van der Waals surface area contributed by atoms with Crippen LogP contribution in [0.1, 0.15) is 30.6 Å². The molecule has 0 amide bonds. The van der Waals surface area contributed by atoms with Crippen molar-refractivity contribution in [1.82, 2.24) is 9.55 Å². The van der Waals surface area contributed by atoms with Crippen molar-refractivity contribution in [2.45, 2.75) is 32.7 Å². The van der Waals surface area contributed by atoms with E-state index in [9.17, 15) is 0 Å². The van der Waals surface area contributed by atoms with Gasteiger partial charge in [-0.25, -0.2) is 4.98 Å². The van der Waals surface area contributed by atoms with Gasteiger partial charge in [-0.3, -0.25) is 0 Å². The molecule has 2 aromatic heterocycles. The third-order valence-corrected chi connectivity index (χ3v) is 3.98. The zero-order chi connectivity index (χ0) is 14.4. The van der Waals surface area contributed by atoms with Crippen LogP contribution in [0.25, 0.3) is 0 Å². The van der Waals surface area contributed by atoms with E-state index in [-0.39, 0.29) is 0 Å². The highest BCUT2D eigenvalue weighted by molar-refractivity contribution is 7.07. The smallest absolute Gasteiger partial charge is 0.203 e. The highest BCUT2D eigenvalue weighted by atomic mass is 32.1. The zero-order valence-corrected chi connectivity index (χ0v) is 13.2. The summed E-state index contributed by atoms with van der Waals surface area (Å²) >= 11 is 1.75. The summed E-state index contributed by atoms with van der Waals surface area (Å²) in [5, 5.41) is 7.75. The molecule has 2 heterocycles. The number of nitrogens with one attached hydrogen (secondary N) is 1. The highest BCUT2D eigenvalue weighted by Crippen LogP contribution is 2.21. The lowest BCUT2D eigenvalue weighted by Gasteiger charge is -2.16. The number of aromatic nitrogens is 2. The number of aryl methyl sites for hydroxylation is 1. The fourth-order valence-electron chi connectivity index (χ4n) is 2.25. The van der Waals surface area contributed by atoms with Crippen LogP contribution in [0, 0.1) is 6.92 Å². The molecule has 1 unspecified atom stereocenters. The minimum Gasteiger partial charge on any atom is -0.385 e. The summed E-state index contributed by atoms with van der Waals surface area (Å²) in [6, 6.07) is 2.59. The van der Waals surface area contributed by atoms with Gasteiger partial charge in [0.15, 0.2) is 0 Å². The Bertz CT molecular complexity index is 507. The van der Waals surface area contributed by atoms with Gasteiger partial charge in [-0.15, -0.1) is 0 Å². The normalized spacial score (nSPS) is 12.6. The van der Waals surface area contributed by atoms with E-state index >= 15 is 0 Å². The molecule has 0 fully saturated rings. The Morgan fingerprint density at radius 1 is 1.50 bits per heavy atom. The summed E-state index contributed by atoms with van der Waals surface area (Å²) in [5.74, 6) is 0.960. The van der Waals surface area contributed by atoms with Crippen molar-refractivity contribution < 1.29 is 4.74 Å². The van der Waals surface area contributed by atoms with Gasteiger partial charge in [-0.05, 0) is 49.1 Å². The van der Waals surface area contributed by atoms with E-state index < -0.39 is 0 Å². The maximum atomic E-state index is 5.07. The van der Waals surface area contributed by atoms with Crippen LogP contribution in [-0.4, -0.2) is 29.8 Å². The molecule has 0 saturated carbocycles. The Morgan fingerprint density at radius 3 is 3.05 bits per heavy atom.